The fourth-order valence-electron chi connectivity index (χ4n) is 1.04. The van der Waals surface area contributed by atoms with E-state index in [0.717, 1.165) is 0 Å². The van der Waals surface area contributed by atoms with Gasteiger partial charge in [0.1, 0.15) is 0 Å². The standard InChI is InChI=1S/C10H14NO/c1-10(2,3)8-4-6-9(11-12)7-5-8/h4-7,11H,1-3H3/q-1. The summed E-state index contributed by atoms with van der Waals surface area (Å²) in [6.07, 6.45) is 0. The van der Waals surface area contributed by atoms with Crippen molar-refractivity contribution in [3.63, 3.8) is 0 Å². The summed E-state index contributed by atoms with van der Waals surface area (Å²) in [6, 6.07) is 7.54. The molecule has 1 aromatic rings. The minimum atomic E-state index is 0.154. The lowest BCUT2D eigenvalue weighted by molar-refractivity contribution is 0.590. The van der Waals surface area contributed by atoms with Crippen molar-refractivity contribution in [1.29, 1.82) is 0 Å². The van der Waals surface area contributed by atoms with Gasteiger partial charge < -0.3 is 10.7 Å². The van der Waals surface area contributed by atoms with Crippen LogP contribution in [0.25, 0.3) is 0 Å². The van der Waals surface area contributed by atoms with Gasteiger partial charge in [0.25, 0.3) is 0 Å². The first kappa shape index (κ1) is 9.07. The zero-order chi connectivity index (χ0) is 9.19. The molecule has 0 fully saturated rings. The van der Waals surface area contributed by atoms with Crippen LogP contribution >= 0.6 is 0 Å². The lowest BCUT2D eigenvalue weighted by Gasteiger charge is -2.19. The highest BCUT2D eigenvalue weighted by Gasteiger charge is 2.12. The average Bonchev–Trinajstić information content (AvgIpc) is 2.03. The minimum Gasteiger partial charge on any atom is -0.761 e. The molecule has 0 radical (unpaired) electrons. The number of rotatable bonds is 1. The van der Waals surface area contributed by atoms with E-state index in [2.05, 4.69) is 20.8 Å². The molecule has 2 nitrogen and oxygen atoms in total. The molecular weight excluding hydrogens is 150 g/mol. The van der Waals surface area contributed by atoms with Gasteiger partial charge in [-0.25, -0.2) is 0 Å². The van der Waals surface area contributed by atoms with Crippen LogP contribution in [0.15, 0.2) is 24.3 Å². The topological polar surface area (TPSA) is 35.1 Å². The summed E-state index contributed by atoms with van der Waals surface area (Å²) in [7, 11) is 0. The molecule has 0 amide bonds. The van der Waals surface area contributed by atoms with E-state index in [9.17, 15) is 5.21 Å². The van der Waals surface area contributed by atoms with Crippen LogP contribution in [0, 0.1) is 5.21 Å². The molecule has 0 saturated carbocycles. The Labute approximate surface area is 73.2 Å². The highest BCUT2D eigenvalue weighted by Crippen LogP contribution is 2.23. The van der Waals surface area contributed by atoms with E-state index in [-0.39, 0.29) is 5.41 Å². The molecule has 1 aromatic carbocycles. The fourth-order valence-corrected chi connectivity index (χ4v) is 1.04. The third-order valence-corrected chi connectivity index (χ3v) is 1.87. The van der Waals surface area contributed by atoms with Crippen molar-refractivity contribution in [2.75, 3.05) is 5.48 Å². The Morgan fingerprint density at radius 2 is 1.58 bits per heavy atom. The van der Waals surface area contributed by atoms with Crippen molar-refractivity contribution in [2.24, 2.45) is 0 Å². The third-order valence-electron chi connectivity index (χ3n) is 1.87. The maximum absolute atomic E-state index is 10.2. The molecule has 0 bridgehead atoms. The molecule has 1 N–H and O–H groups in total. The first-order valence-corrected chi connectivity index (χ1v) is 4.03. The summed E-state index contributed by atoms with van der Waals surface area (Å²) in [5.74, 6) is 0. The smallest absolute Gasteiger partial charge is 0.0233 e. The number of nitrogens with one attached hydrogen (secondary N) is 1. The second kappa shape index (κ2) is 3.15. The quantitative estimate of drug-likeness (QED) is 0.648. The predicted molar refractivity (Wildman–Crippen MR) is 52.1 cm³/mol. The van der Waals surface area contributed by atoms with Gasteiger partial charge in [0.15, 0.2) is 0 Å². The van der Waals surface area contributed by atoms with Crippen molar-refractivity contribution >= 4 is 5.69 Å². The SMILES string of the molecule is CC(C)(C)c1ccc(N[O-])cc1. The van der Waals surface area contributed by atoms with Gasteiger partial charge in [0, 0.05) is 5.69 Å². The highest BCUT2D eigenvalue weighted by atomic mass is 16.5. The Bertz CT molecular complexity index is 246. The molecule has 0 saturated heterocycles. The molecule has 12 heavy (non-hydrogen) atoms. The van der Waals surface area contributed by atoms with Gasteiger partial charge in [-0.05, 0) is 23.1 Å². The van der Waals surface area contributed by atoms with Crippen molar-refractivity contribution in [1.82, 2.24) is 0 Å². The van der Waals surface area contributed by atoms with Gasteiger partial charge in [0.05, 0.1) is 0 Å². The zero-order valence-electron chi connectivity index (χ0n) is 7.72. The second-order valence-corrected chi connectivity index (χ2v) is 3.93. The van der Waals surface area contributed by atoms with Crippen molar-refractivity contribution in [2.45, 2.75) is 26.2 Å². The minimum absolute atomic E-state index is 0.154. The Balaban J connectivity index is 2.93. The van der Waals surface area contributed by atoms with Crippen molar-refractivity contribution in [3.05, 3.63) is 35.0 Å². The summed E-state index contributed by atoms with van der Waals surface area (Å²) < 4.78 is 0. The van der Waals surface area contributed by atoms with Crippen LogP contribution in [0.3, 0.4) is 0 Å². The van der Waals surface area contributed by atoms with Crippen molar-refractivity contribution in [3.8, 4) is 0 Å². The molecule has 0 aliphatic heterocycles. The Hall–Kier alpha value is -1.02. The second-order valence-electron chi connectivity index (χ2n) is 3.93. The number of anilines is 1. The van der Waals surface area contributed by atoms with Gasteiger partial charge in [-0.15, -0.1) is 0 Å². The number of hydrogen-bond donors (Lipinski definition) is 1. The van der Waals surface area contributed by atoms with Crippen LogP contribution in [0.5, 0.6) is 0 Å². The molecule has 0 aromatic heterocycles. The maximum atomic E-state index is 10.2. The fraction of sp³-hybridized carbons (Fsp3) is 0.400. The molecule has 66 valence electrons. The summed E-state index contributed by atoms with van der Waals surface area (Å²) in [5, 5.41) is 10.2. The van der Waals surface area contributed by atoms with Gasteiger partial charge in [-0.3, -0.25) is 0 Å². The Morgan fingerprint density at radius 1 is 1.08 bits per heavy atom. The summed E-state index contributed by atoms with van der Waals surface area (Å²) >= 11 is 0. The van der Waals surface area contributed by atoms with Crippen LogP contribution in [-0.2, 0) is 5.41 Å². The molecule has 0 aliphatic rings. The molecule has 0 heterocycles. The van der Waals surface area contributed by atoms with E-state index in [1.807, 2.05) is 17.6 Å². The van der Waals surface area contributed by atoms with Crippen molar-refractivity contribution < 1.29 is 0 Å². The molecular formula is C10H14NO-. The van der Waals surface area contributed by atoms with E-state index in [1.54, 1.807) is 12.1 Å². The van der Waals surface area contributed by atoms with E-state index < -0.39 is 0 Å². The van der Waals surface area contributed by atoms with Crippen LogP contribution in [0.2, 0.25) is 0 Å². The van der Waals surface area contributed by atoms with Crippen LogP contribution in [-0.4, -0.2) is 0 Å². The Kier molecular flexibility index (Phi) is 2.38. The van der Waals surface area contributed by atoms with Gasteiger partial charge in [0.2, 0.25) is 0 Å². The van der Waals surface area contributed by atoms with Gasteiger partial charge in [-0.1, -0.05) is 32.9 Å². The van der Waals surface area contributed by atoms with Gasteiger partial charge >= 0.3 is 0 Å². The van der Waals surface area contributed by atoms with E-state index in [1.165, 1.54) is 5.56 Å². The molecule has 2 heteroatoms. The molecule has 0 atom stereocenters. The van der Waals surface area contributed by atoms with Crippen LogP contribution in [0.1, 0.15) is 26.3 Å². The third kappa shape index (κ3) is 1.98. The first-order chi connectivity index (χ1) is 5.54. The first-order valence-electron chi connectivity index (χ1n) is 4.03. The summed E-state index contributed by atoms with van der Waals surface area (Å²) in [4.78, 5) is 0. The molecule has 0 unspecified atom stereocenters. The lowest BCUT2D eigenvalue weighted by Crippen LogP contribution is -2.10. The predicted octanol–water partition coefficient (Wildman–Crippen LogP) is 2.89. The number of hydrogen-bond acceptors (Lipinski definition) is 2. The van der Waals surface area contributed by atoms with Gasteiger partial charge in [-0.2, -0.15) is 0 Å². The number of benzene rings is 1. The van der Waals surface area contributed by atoms with Crippen LogP contribution < -0.4 is 5.48 Å². The summed E-state index contributed by atoms with van der Waals surface area (Å²) in [5.41, 5.74) is 3.86. The highest BCUT2D eigenvalue weighted by molar-refractivity contribution is 5.46. The zero-order valence-corrected chi connectivity index (χ0v) is 7.72. The van der Waals surface area contributed by atoms with Crippen LogP contribution in [0.4, 0.5) is 5.69 Å². The molecule has 0 spiro atoms. The monoisotopic (exact) mass is 164 g/mol. The van der Waals surface area contributed by atoms with E-state index in [0.29, 0.717) is 5.69 Å². The average molecular weight is 164 g/mol. The maximum Gasteiger partial charge on any atom is 0.0233 e. The molecule has 1 rings (SSSR count). The Morgan fingerprint density at radius 3 is 1.92 bits per heavy atom. The lowest BCUT2D eigenvalue weighted by atomic mass is 9.87. The normalized spacial score (nSPS) is 11.3. The largest absolute Gasteiger partial charge is 0.761 e. The van der Waals surface area contributed by atoms with E-state index >= 15 is 0 Å². The van der Waals surface area contributed by atoms with E-state index in [4.69, 9.17) is 0 Å². The summed E-state index contributed by atoms with van der Waals surface area (Å²) in [6.45, 7) is 6.44. The molecule has 0 aliphatic carbocycles.